The number of rotatable bonds is 2. The van der Waals surface area contributed by atoms with Crippen LogP contribution in [0.3, 0.4) is 0 Å². The fraction of sp³-hybridized carbons (Fsp3) is 0. The molecule has 0 unspecified atom stereocenters. The lowest BCUT2D eigenvalue weighted by Gasteiger charge is -2.03. The molecule has 21 heavy (non-hydrogen) atoms. The topological polar surface area (TPSA) is 28.7 Å². The Bertz CT molecular complexity index is 674. The second kappa shape index (κ2) is 6.49. The van der Waals surface area contributed by atoms with Gasteiger partial charge in [-0.05, 0) is 64.5 Å². The highest BCUT2D eigenvalue weighted by molar-refractivity contribution is 9.10. The van der Waals surface area contributed by atoms with Crippen LogP contribution < -0.4 is 0 Å². The second-order valence-corrected chi connectivity index (χ2v) is 5.02. The van der Waals surface area contributed by atoms with E-state index in [0.717, 1.165) is 16.8 Å². The molecule has 0 aliphatic rings. The van der Waals surface area contributed by atoms with Crippen molar-refractivity contribution in [1.29, 1.82) is 0 Å². The van der Waals surface area contributed by atoms with Crippen LogP contribution in [-0.2, 0) is 0 Å². The summed E-state index contributed by atoms with van der Waals surface area (Å²) < 4.78 is 26.6. The minimum Gasteiger partial charge on any atom is -0.332 e. The molecule has 1 aromatic heterocycles. The van der Waals surface area contributed by atoms with E-state index in [1.54, 1.807) is 24.3 Å². The molecule has 0 fully saturated rings. The zero-order valence-electron chi connectivity index (χ0n) is 10.6. The average Bonchev–Trinajstić information content (AvgIpc) is 2.82. The molecule has 0 saturated carbocycles. The summed E-state index contributed by atoms with van der Waals surface area (Å²) in [5.41, 5.74) is 3.03. The summed E-state index contributed by atoms with van der Waals surface area (Å²) in [6.45, 7) is 0. The molecule has 2 nitrogen and oxygen atoms in total. The minimum atomic E-state index is -0.299. The van der Waals surface area contributed by atoms with Gasteiger partial charge in [-0.1, -0.05) is 0 Å². The lowest BCUT2D eigenvalue weighted by Crippen LogP contribution is -1.85. The minimum absolute atomic E-state index is 0. The molecule has 0 aliphatic carbocycles. The first kappa shape index (κ1) is 15.9. The zero-order valence-corrected chi connectivity index (χ0v) is 13.9. The predicted octanol–water partition coefficient (Wildman–Crippen LogP) is 5.36. The maximum atomic E-state index is 13.0. The third-order valence-electron chi connectivity index (χ3n) is 2.93. The third kappa shape index (κ3) is 3.39. The van der Waals surface area contributed by atoms with E-state index in [1.165, 1.54) is 24.3 Å². The number of H-pyrrole nitrogens is 1. The summed E-state index contributed by atoms with van der Waals surface area (Å²) in [6, 6.07) is 12.2. The van der Waals surface area contributed by atoms with Crippen molar-refractivity contribution in [2.75, 3.05) is 0 Å². The van der Waals surface area contributed by atoms with Gasteiger partial charge in [-0.25, -0.2) is 13.8 Å². The van der Waals surface area contributed by atoms with E-state index in [2.05, 4.69) is 25.9 Å². The Morgan fingerprint density at radius 1 is 0.810 bits per heavy atom. The second-order valence-electron chi connectivity index (χ2n) is 4.27. The van der Waals surface area contributed by atoms with E-state index in [9.17, 15) is 8.78 Å². The Morgan fingerprint density at radius 3 is 1.81 bits per heavy atom. The average molecular weight is 416 g/mol. The van der Waals surface area contributed by atoms with Gasteiger partial charge in [-0.2, -0.15) is 0 Å². The third-order valence-corrected chi connectivity index (χ3v) is 3.30. The van der Waals surface area contributed by atoms with Gasteiger partial charge in [0.05, 0.1) is 11.4 Å². The van der Waals surface area contributed by atoms with Crippen molar-refractivity contribution in [2.24, 2.45) is 0 Å². The quantitative estimate of drug-likeness (QED) is 0.599. The van der Waals surface area contributed by atoms with Crippen LogP contribution in [0.1, 0.15) is 0 Å². The summed E-state index contributed by atoms with van der Waals surface area (Å²) >= 11 is 3.29. The van der Waals surface area contributed by atoms with E-state index >= 15 is 0 Å². The van der Waals surface area contributed by atoms with Gasteiger partial charge >= 0.3 is 0 Å². The van der Waals surface area contributed by atoms with Gasteiger partial charge in [-0.15, -0.1) is 17.0 Å². The zero-order chi connectivity index (χ0) is 14.1. The molecule has 3 rings (SSSR count). The van der Waals surface area contributed by atoms with Crippen molar-refractivity contribution in [3.8, 4) is 22.5 Å². The molecule has 0 amide bonds. The van der Waals surface area contributed by atoms with Crippen LogP contribution in [0.2, 0.25) is 0 Å². The predicted molar refractivity (Wildman–Crippen MR) is 87.4 cm³/mol. The van der Waals surface area contributed by atoms with Crippen molar-refractivity contribution in [3.05, 3.63) is 64.9 Å². The van der Waals surface area contributed by atoms with Gasteiger partial charge in [0.25, 0.3) is 0 Å². The molecule has 0 aliphatic heterocycles. The molecule has 2 aromatic carbocycles. The Kier molecular flexibility index (Phi) is 4.90. The lowest BCUT2D eigenvalue weighted by atomic mass is 10.1. The Balaban J connectivity index is 0.00000161. The normalized spacial score (nSPS) is 10.2. The number of nitrogens with zero attached hydrogens (tertiary/aromatic N) is 1. The van der Waals surface area contributed by atoms with Crippen LogP contribution in [0.15, 0.2) is 53.3 Å². The van der Waals surface area contributed by atoms with Crippen molar-refractivity contribution in [2.45, 2.75) is 0 Å². The van der Waals surface area contributed by atoms with E-state index < -0.39 is 0 Å². The molecule has 3 aromatic rings. The van der Waals surface area contributed by atoms with Crippen molar-refractivity contribution in [3.63, 3.8) is 0 Å². The molecule has 1 N–H and O–H groups in total. The molecule has 6 heteroatoms. The smallest absolute Gasteiger partial charge is 0.175 e. The summed E-state index contributed by atoms with van der Waals surface area (Å²) in [7, 11) is 0. The van der Waals surface area contributed by atoms with Crippen LogP contribution in [0, 0.1) is 11.6 Å². The monoisotopic (exact) mass is 414 g/mol. The van der Waals surface area contributed by atoms with Crippen LogP contribution in [0.25, 0.3) is 22.5 Å². The molecule has 108 valence electrons. The highest BCUT2D eigenvalue weighted by atomic mass is 79.9. The Labute approximate surface area is 139 Å². The van der Waals surface area contributed by atoms with Crippen LogP contribution in [-0.4, -0.2) is 9.97 Å². The van der Waals surface area contributed by atoms with Gasteiger partial charge in [-0.3, -0.25) is 0 Å². The fourth-order valence-corrected chi connectivity index (χ4v) is 2.36. The van der Waals surface area contributed by atoms with Crippen molar-refractivity contribution in [1.82, 2.24) is 9.97 Å². The molecule has 1 heterocycles. The van der Waals surface area contributed by atoms with Crippen molar-refractivity contribution >= 4 is 32.9 Å². The number of imidazole rings is 1. The highest BCUT2D eigenvalue weighted by Crippen LogP contribution is 2.31. The lowest BCUT2D eigenvalue weighted by molar-refractivity contribution is 0.627. The number of halogens is 4. The van der Waals surface area contributed by atoms with Gasteiger partial charge in [0, 0.05) is 11.1 Å². The first-order chi connectivity index (χ1) is 9.63. The summed E-state index contributed by atoms with van der Waals surface area (Å²) in [6.07, 6.45) is 0. The number of nitrogens with one attached hydrogen (secondary N) is 1. The SMILES string of the molecule is Br.Fc1ccc(-c2nc(Br)[nH]c2-c2ccc(F)cc2)cc1. The van der Waals surface area contributed by atoms with Crippen molar-refractivity contribution < 1.29 is 8.78 Å². The molecule has 0 saturated heterocycles. The van der Waals surface area contributed by atoms with Crippen LogP contribution in [0.4, 0.5) is 8.78 Å². The van der Waals surface area contributed by atoms with E-state index in [1.807, 2.05) is 0 Å². The number of aromatic nitrogens is 2. The van der Waals surface area contributed by atoms with E-state index in [0.29, 0.717) is 10.4 Å². The summed E-state index contributed by atoms with van der Waals surface area (Å²) in [4.78, 5) is 7.44. The maximum Gasteiger partial charge on any atom is 0.175 e. The van der Waals surface area contributed by atoms with Crippen LogP contribution >= 0.6 is 32.9 Å². The molecular weight excluding hydrogens is 406 g/mol. The number of aromatic amines is 1. The Hall–Kier alpha value is -1.53. The molecule has 0 atom stereocenters. The number of hydrogen-bond acceptors (Lipinski definition) is 1. The standard InChI is InChI=1S/C15H9BrF2N2.BrH/c16-15-19-13(9-1-5-11(17)6-2-9)14(20-15)10-3-7-12(18)8-4-10;/h1-8H,(H,19,20);1H. The molecular formula is C15H10Br2F2N2. The first-order valence-electron chi connectivity index (χ1n) is 5.91. The molecule has 0 spiro atoms. The van der Waals surface area contributed by atoms with Gasteiger partial charge < -0.3 is 4.98 Å². The first-order valence-corrected chi connectivity index (χ1v) is 6.70. The fourth-order valence-electron chi connectivity index (χ4n) is 1.99. The number of hydrogen-bond donors (Lipinski definition) is 1. The number of benzene rings is 2. The van der Waals surface area contributed by atoms with Gasteiger partial charge in [0.1, 0.15) is 11.6 Å². The summed E-state index contributed by atoms with van der Waals surface area (Å²) in [5, 5.41) is 0. The highest BCUT2D eigenvalue weighted by Gasteiger charge is 2.13. The summed E-state index contributed by atoms with van der Waals surface area (Å²) in [5.74, 6) is -0.595. The molecule has 0 radical (unpaired) electrons. The van der Waals surface area contributed by atoms with Gasteiger partial charge in [0.2, 0.25) is 0 Å². The molecule has 0 bridgehead atoms. The van der Waals surface area contributed by atoms with Crippen LogP contribution in [0.5, 0.6) is 0 Å². The largest absolute Gasteiger partial charge is 0.332 e. The Morgan fingerprint density at radius 2 is 1.29 bits per heavy atom. The van der Waals surface area contributed by atoms with E-state index in [-0.39, 0.29) is 28.6 Å². The van der Waals surface area contributed by atoms with E-state index in [4.69, 9.17) is 0 Å². The van der Waals surface area contributed by atoms with Gasteiger partial charge in [0.15, 0.2) is 4.73 Å². The maximum absolute atomic E-state index is 13.0.